The van der Waals surface area contributed by atoms with Crippen LogP contribution < -0.4 is 5.46 Å². The van der Waals surface area contributed by atoms with Gasteiger partial charge in [0, 0.05) is 11.1 Å². The quantitative estimate of drug-likeness (QED) is 0.499. The predicted octanol–water partition coefficient (Wildman–Crippen LogP) is 0.198. The molecule has 0 bridgehead atoms. The summed E-state index contributed by atoms with van der Waals surface area (Å²) < 4.78 is 13.0. The lowest BCUT2D eigenvalue weighted by atomic mass is 9.78. The van der Waals surface area contributed by atoms with Crippen molar-refractivity contribution in [2.45, 2.75) is 26.2 Å². The summed E-state index contributed by atoms with van der Waals surface area (Å²) in [5.41, 5.74) is 0.314. The third-order valence-electron chi connectivity index (χ3n) is 1.88. The Kier molecular flexibility index (Phi) is 2.92. The minimum Gasteiger partial charge on any atom is -0.423 e. The van der Waals surface area contributed by atoms with Crippen LogP contribution in [0.4, 0.5) is 4.39 Å². The first-order valence-corrected chi connectivity index (χ1v) is 4.35. The van der Waals surface area contributed by atoms with Crippen molar-refractivity contribution in [3.05, 3.63) is 23.8 Å². The SMILES string of the molecule is CC(C)(C)c1cc(B(O)O)cc(F)n1. The minimum absolute atomic E-state index is 0.127. The number of pyridine rings is 1. The molecule has 1 aromatic heterocycles. The topological polar surface area (TPSA) is 53.4 Å². The molecule has 0 unspecified atom stereocenters. The number of hydrogen-bond donors (Lipinski definition) is 2. The highest BCUT2D eigenvalue weighted by atomic mass is 19.1. The molecule has 1 rings (SSSR count). The Bertz CT molecular complexity index is 336. The Morgan fingerprint density at radius 3 is 2.29 bits per heavy atom. The monoisotopic (exact) mass is 197 g/mol. The molecule has 3 nitrogen and oxygen atoms in total. The van der Waals surface area contributed by atoms with Gasteiger partial charge in [-0.15, -0.1) is 0 Å². The largest absolute Gasteiger partial charge is 0.488 e. The zero-order valence-electron chi connectivity index (χ0n) is 8.45. The lowest BCUT2D eigenvalue weighted by molar-refractivity contribution is 0.424. The molecule has 0 aliphatic heterocycles. The van der Waals surface area contributed by atoms with E-state index in [-0.39, 0.29) is 10.9 Å². The van der Waals surface area contributed by atoms with Crippen LogP contribution in [0, 0.1) is 5.95 Å². The Balaban J connectivity index is 3.21. The van der Waals surface area contributed by atoms with Crippen LogP contribution >= 0.6 is 0 Å². The first-order valence-electron chi connectivity index (χ1n) is 4.35. The van der Waals surface area contributed by atoms with Crippen molar-refractivity contribution in [2.75, 3.05) is 0 Å². The number of rotatable bonds is 1. The maximum Gasteiger partial charge on any atom is 0.488 e. The van der Waals surface area contributed by atoms with Gasteiger partial charge in [-0.2, -0.15) is 4.39 Å². The van der Waals surface area contributed by atoms with Crippen LogP contribution in [0.2, 0.25) is 0 Å². The molecule has 0 amide bonds. The van der Waals surface area contributed by atoms with Gasteiger partial charge in [0.25, 0.3) is 0 Å². The van der Waals surface area contributed by atoms with Gasteiger partial charge in [0.2, 0.25) is 5.95 Å². The molecule has 0 aromatic carbocycles. The first kappa shape index (κ1) is 11.1. The molecule has 76 valence electrons. The second-order valence-electron chi connectivity index (χ2n) is 4.23. The number of nitrogens with zero attached hydrogens (tertiary/aromatic N) is 1. The van der Waals surface area contributed by atoms with Gasteiger partial charge in [0.1, 0.15) is 0 Å². The summed E-state index contributed by atoms with van der Waals surface area (Å²) in [6, 6.07) is 2.51. The summed E-state index contributed by atoms with van der Waals surface area (Å²) in [4.78, 5) is 3.70. The first-order chi connectivity index (χ1) is 6.30. The molecule has 2 N–H and O–H groups in total. The van der Waals surface area contributed by atoms with E-state index < -0.39 is 13.1 Å². The van der Waals surface area contributed by atoms with E-state index in [9.17, 15) is 4.39 Å². The molecule has 0 fully saturated rings. The summed E-state index contributed by atoms with van der Waals surface area (Å²) in [5.74, 6) is -0.694. The normalized spacial score (nSPS) is 11.6. The van der Waals surface area contributed by atoms with E-state index in [2.05, 4.69) is 4.98 Å². The van der Waals surface area contributed by atoms with Crippen molar-refractivity contribution in [3.63, 3.8) is 0 Å². The van der Waals surface area contributed by atoms with Crippen LogP contribution in [-0.2, 0) is 5.41 Å². The summed E-state index contributed by atoms with van der Waals surface area (Å²) in [6.07, 6.45) is 0. The molecule has 1 aromatic rings. The average Bonchev–Trinajstić information content (AvgIpc) is 2.01. The van der Waals surface area contributed by atoms with E-state index in [0.717, 1.165) is 6.07 Å². The lowest BCUT2D eigenvalue weighted by Gasteiger charge is -2.18. The van der Waals surface area contributed by atoms with Gasteiger partial charge in [-0.1, -0.05) is 20.8 Å². The fourth-order valence-corrected chi connectivity index (χ4v) is 1.05. The number of aromatic nitrogens is 1. The van der Waals surface area contributed by atoms with E-state index >= 15 is 0 Å². The maximum absolute atomic E-state index is 13.0. The van der Waals surface area contributed by atoms with Crippen molar-refractivity contribution in [3.8, 4) is 0 Å². The van der Waals surface area contributed by atoms with Gasteiger partial charge in [0.05, 0.1) is 0 Å². The Hall–Kier alpha value is -0.935. The van der Waals surface area contributed by atoms with Crippen LogP contribution in [0.3, 0.4) is 0 Å². The number of hydrogen-bond acceptors (Lipinski definition) is 3. The summed E-state index contributed by atoms with van der Waals surface area (Å²) in [7, 11) is -1.66. The predicted molar refractivity (Wildman–Crippen MR) is 52.7 cm³/mol. The minimum atomic E-state index is -1.66. The van der Waals surface area contributed by atoms with Gasteiger partial charge < -0.3 is 10.0 Å². The van der Waals surface area contributed by atoms with Crippen LogP contribution in [0.25, 0.3) is 0 Å². The van der Waals surface area contributed by atoms with Crippen molar-refractivity contribution in [1.29, 1.82) is 0 Å². The molecular weight excluding hydrogens is 184 g/mol. The Morgan fingerprint density at radius 2 is 1.86 bits per heavy atom. The molecule has 0 aliphatic carbocycles. The molecule has 0 saturated carbocycles. The van der Waals surface area contributed by atoms with E-state index in [1.54, 1.807) is 0 Å². The van der Waals surface area contributed by atoms with Gasteiger partial charge in [-0.05, 0) is 17.6 Å². The second kappa shape index (κ2) is 3.67. The van der Waals surface area contributed by atoms with Crippen LogP contribution in [-0.4, -0.2) is 22.2 Å². The molecular formula is C9H13BFNO2. The van der Waals surface area contributed by atoms with Gasteiger partial charge in [-0.25, -0.2) is 4.98 Å². The zero-order valence-corrected chi connectivity index (χ0v) is 8.45. The van der Waals surface area contributed by atoms with Crippen LogP contribution in [0.5, 0.6) is 0 Å². The molecule has 0 saturated heterocycles. The third kappa shape index (κ3) is 2.53. The van der Waals surface area contributed by atoms with E-state index in [1.807, 2.05) is 20.8 Å². The zero-order chi connectivity index (χ0) is 10.9. The molecule has 14 heavy (non-hydrogen) atoms. The molecule has 5 heteroatoms. The highest BCUT2D eigenvalue weighted by molar-refractivity contribution is 6.58. The van der Waals surface area contributed by atoms with Crippen molar-refractivity contribution in [2.24, 2.45) is 0 Å². The van der Waals surface area contributed by atoms with Crippen molar-refractivity contribution >= 4 is 12.6 Å². The summed E-state index contributed by atoms with van der Waals surface area (Å²) >= 11 is 0. The molecule has 0 radical (unpaired) electrons. The third-order valence-corrected chi connectivity index (χ3v) is 1.88. The lowest BCUT2D eigenvalue weighted by Crippen LogP contribution is -2.32. The van der Waals surface area contributed by atoms with Gasteiger partial charge in [-0.3, -0.25) is 0 Å². The Morgan fingerprint density at radius 1 is 1.29 bits per heavy atom. The Labute approximate surface area is 82.8 Å². The van der Waals surface area contributed by atoms with E-state index in [1.165, 1.54) is 6.07 Å². The van der Waals surface area contributed by atoms with E-state index in [4.69, 9.17) is 10.0 Å². The van der Waals surface area contributed by atoms with Gasteiger partial charge >= 0.3 is 7.12 Å². The highest BCUT2D eigenvalue weighted by Crippen LogP contribution is 2.18. The molecule has 1 heterocycles. The standard InChI is InChI=1S/C9H13BFNO2/c1-9(2,3)7-4-6(10(13)14)5-8(11)12-7/h4-5,13-14H,1-3H3. The highest BCUT2D eigenvalue weighted by Gasteiger charge is 2.20. The van der Waals surface area contributed by atoms with E-state index in [0.29, 0.717) is 5.69 Å². The summed E-state index contributed by atoms with van der Waals surface area (Å²) in [5, 5.41) is 17.8. The van der Waals surface area contributed by atoms with Crippen LogP contribution in [0.15, 0.2) is 12.1 Å². The van der Waals surface area contributed by atoms with Crippen molar-refractivity contribution < 1.29 is 14.4 Å². The fourth-order valence-electron chi connectivity index (χ4n) is 1.05. The summed E-state index contributed by atoms with van der Waals surface area (Å²) in [6.45, 7) is 5.63. The maximum atomic E-state index is 13.0. The fraction of sp³-hybridized carbons (Fsp3) is 0.444. The van der Waals surface area contributed by atoms with Crippen LogP contribution in [0.1, 0.15) is 26.5 Å². The molecule has 0 atom stereocenters. The smallest absolute Gasteiger partial charge is 0.423 e. The number of halogens is 1. The second-order valence-corrected chi connectivity index (χ2v) is 4.23. The van der Waals surface area contributed by atoms with Gasteiger partial charge in [0.15, 0.2) is 0 Å². The molecule has 0 aliphatic rings. The van der Waals surface area contributed by atoms with Crippen molar-refractivity contribution in [1.82, 2.24) is 4.98 Å². The molecule has 0 spiro atoms. The average molecular weight is 197 g/mol.